The minimum absolute atomic E-state index is 0.196. The van der Waals surface area contributed by atoms with Crippen LogP contribution in [-0.4, -0.2) is 31.8 Å². The second kappa shape index (κ2) is 4.95. The van der Waals surface area contributed by atoms with Crippen LogP contribution in [0.3, 0.4) is 0 Å². The summed E-state index contributed by atoms with van der Waals surface area (Å²) >= 11 is 3.77. The summed E-state index contributed by atoms with van der Waals surface area (Å²) in [5.41, 5.74) is 0.661. The number of nitrogens with zero attached hydrogens (tertiary/aromatic N) is 2. The molecule has 0 spiro atoms. The molecule has 5 nitrogen and oxygen atoms in total. The molecule has 0 aliphatic carbocycles. The molecule has 0 aromatic carbocycles. The average molecular weight is 288 g/mol. The summed E-state index contributed by atoms with van der Waals surface area (Å²) in [5.74, 6) is 0.294. The fourth-order valence-corrected chi connectivity index (χ4v) is 2.31. The van der Waals surface area contributed by atoms with Crippen molar-refractivity contribution in [3.8, 4) is 0 Å². The molecule has 98 valence electrons. The molecular weight excluding hydrogens is 276 g/mol. The second-order valence-electron chi connectivity index (χ2n) is 4.58. The molecule has 1 aromatic rings. The fourth-order valence-electron chi connectivity index (χ4n) is 1.54. The van der Waals surface area contributed by atoms with Gasteiger partial charge in [0.1, 0.15) is 5.60 Å². The van der Waals surface area contributed by atoms with E-state index in [0.29, 0.717) is 28.7 Å². The van der Waals surface area contributed by atoms with Crippen molar-refractivity contribution in [1.29, 1.82) is 0 Å². The highest BCUT2D eigenvalue weighted by Crippen LogP contribution is 2.23. The number of hydrogen-bond acceptors (Lipinski definition) is 5. The van der Waals surface area contributed by atoms with Gasteiger partial charge in [0.15, 0.2) is 0 Å². The van der Waals surface area contributed by atoms with Crippen LogP contribution in [-0.2, 0) is 21.6 Å². The number of halogens is 1. The fraction of sp³-hybridized carbons (Fsp3) is 0.455. The molecule has 0 amide bonds. The van der Waals surface area contributed by atoms with Crippen molar-refractivity contribution in [3.05, 3.63) is 28.5 Å². The molecule has 18 heavy (non-hydrogen) atoms. The zero-order valence-electron chi connectivity index (χ0n) is 9.97. The first-order valence-corrected chi connectivity index (χ1v) is 6.94. The first-order valence-electron chi connectivity index (χ1n) is 5.31. The molecule has 0 N–H and O–H groups in total. The van der Waals surface area contributed by atoms with Gasteiger partial charge in [-0.15, -0.1) is 0 Å². The normalized spacial score (nSPS) is 19.2. The van der Waals surface area contributed by atoms with E-state index in [-0.39, 0.29) is 11.4 Å². The predicted molar refractivity (Wildman–Crippen MR) is 68.4 cm³/mol. The summed E-state index contributed by atoms with van der Waals surface area (Å²) in [5, 5.41) is 0.299. The Kier molecular flexibility index (Phi) is 3.70. The van der Waals surface area contributed by atoms with Crippen LogP contribution in [0.5, 0.6) is 0 Å². The van der Waals surface area contributed by atoms with E-state index < -0.39 is 11.1 Å². The minimum Gasteiger partial charge on any atom is -0.772 e. The molecule has 1 aromatic heterocycles. The van der Waals surface area contributed by atoms with Crippen molar-refractivity contribution in [2.45, 2.75) is 25.2 Å². The molecule has 1 unspecified atom stereocenters. The highest BCUT2D eigenvalue weighted by Gasteiger charge is 2.28. The van der Waals surface area contributed by atoms with E-state index in [1.54, 1.807) is 6.07 Å². The van der Waals surface area contributed by atoms with Crippen LogP contribution in [0.15, 0.2) is 17.3 Å². The summed E-state index contributed by atoms with van der Waals surface area (Å²) < 4.78 is 26.8. The third-order valence-corrected chi connectivity index (χ3v) is 3.23. The van der Waals surface area contributed by atoms with Crippen molar-refractivity contribution in [1.82, 2.24) is 4.98 Å². The van der Waals surface area contributed by atoms with Gasteiger partial charge in [0, 0.05) is 6.20 Å². The van der Waals surface area contributed by atoms with Gasteiger partial charge < -0.3 is 9.29 Å². The van der Waals surface area contributed by atoms with E-state index in [1.165, 1.54) is 6.20 Å². The van der Waals surface area contributed by atoms with E-state index in [4.69, 9.17) is 16.3 Å². The lowest BCUT2D eigenvalue weighted by Crippen LogP contribution is -2.24. The van der Waals surface area contributed by atoms with Gasteiger partial charge in [0.2, 0.25) is 5.90 Å². The number of aliphatic imine (C=N–C) groups is 1. The average Bonchev–Trinajstić information content (AvgIpc) is 2.61. The van der Waals surface area contributed by atoms with Crippen LogP contribution in [0.4, 0.5) is 0 Å². The summed E-state index contributed by atoms with van der Waals surface area (Å²) in [7, 11) is 0. The minimum atomic E-state index is -2.21. The Labute approximate surface area is 113 Å². The number of rotatable bonds is 3. The van der Waals surface area contributed by atoms with Crippen molar-refractivity contribution in [2.75, 3.05) is 6.54 Å². The van der Waals surface area contributed by atoms with E-state index in [1.807, 2.05) is 13.8 Å². The molecule has 2 rings (SSSR count). The predicted octanol–water partition coefficient (Wildman–Crippen LogP) is 1.67. The second-order valence-corrected chi connectivity index (χ2v) is 5.89. The summed E-state index contributed by atoms with van der Waals surface area (Å²) in [6, 6.07) is 1.62. The maximum absolute atomic E-state index is 10.6. The molecule has 0 saturated heterocycles. The Morgan fingerprint density at radius 3 is 2.83 bits per heavy atom. The quantitative estimate of drug-likeness (QED) is 0.793. The SMILES string of the molecule is CC1(C)CN=C(c2cnc(CS(=O)[O-])c(Cl)c2)O1. The Hall–Kier alpha value is -0.980. The van der Waals surface area contributed by atoms with Gasteiger partial charge in [-0.25, -0.2) is 4.99 Å². The lowest BCUT2D eigenvalue weighted by atomic mass is 10.1. The number of ether oxygens (including phenoxy) is 1. The Balaban J connectivity index is 2.22. The molecule has 0 fully saturated rings. The van der Waals surface area contributed by atoms with E-state index >= 15 is 0 Å². The van der Waals surface area contributed by atoms with E-state index in [9.17, 15) is 8.76 Å². The zero-order valence-corrected chi connectivity index (χ0v) is 11.5. The highest BCUT2D eigenvalue weighted by molar-refractivity contribution is 7.78. The monoisotopic (exact) mass is 287 g/mol. The van der Waals surface area contributed by atoms with Gasteiger partial charge in [-0.1, -0.05) is 11.6 Å². The molecule has 1 aliphatic heterocycles. The van der Waals surface area contributed by atoms with Gasteiger partial charge in [-0.3, -0.25) is 9.19 Å². The first kappa shape index (κ1) is 13.5. The van der Waals surface area contributed by atoms with Crippen LogP contribution < -0.4 is 0 Å². The summed E-state index contributed by atoms with van der Waals surface area (Å²) in [6.45, 7) is 4.45. The topological polar surface area (TPSA) is 74.6 Å². The lowest BCUT2D eigenvalue weighted by Gasteiger charge is -2.17. The van der Waals surface area contributed by atoms with Gasteiger partial charge in [-0.05, 0) is 31.0 Å². The van der Waals surface area contributed by atoms with E-state index in [2.05, 4.69) is 9.98 Å². The smallest absolute Gasteiger partial charge is 0.218 e. The van der Waals surface area contributed by atoms with Crippen molar-refractivity contribution >= 4 is 28.6 Å². The molecule has 7 heteroatoms. The molecule has 0 saturated carbocycles. The van der Waals surface area contributed by atoms with Crippen LogP contribution >= 0.6 is 11.6 Å². The third kappa shape index (κ3) is 3.07. The molecule has 0 bridgehead atoms. The van der Waals surface area contributed by atoms with Crippen LogP contribution in [0, 0.1) is 0 Å². The largest absolute Gasteiger partial charge is 0.772 e. The summed E-state index contributed by atoms with van der Waals surface area (Å²) in [4.78, 5) is 8.29. The molecule has 2 heterocycles. The van der Waals surface area contributed by atoms with Gasteiger partial charge in [-0.2, -0.15) is 0 Å². The molecular formula is C11H12ClN2O3S-. The molecule has 1 atom stereocenters. The van der Waals surface area contributed by atoms with Crippen molar-refractivity contribution in [2.24, 2.45) is 4.99 Å². The zero-order chi connectivity index (χ0) is 13.3. The lowest BCUT2D eigenvalue weighted by molar-refractivity contribution is 0.131. The Morgan fingerprint density at radius 2 is 2.33 bits per heavy atom. The number of aromatic nitrogens is 1. The van der Waals surface area contributed by atoms with Crippen LogP contribution in [0.25, 0.3) is 0 Å². The van der Waals surface area contributed by atoms with Gasteiger partial charge in [0.25, 0.3) is 0 Å². The maximum Gasteiger partial charge on any atom is 0.218 e. The third-order valence-electron chi connectivity index (χ3n) is 2.40. The van der Waals surface area contributed by atoms with Crippen molar-refractivity contribution < 1.29 is 13.5 Å². The molecule has 0 radical (unpaired) electrons. The van der Waals surface area contributed by atoms with Gasteiger partial charge >= 0.3 is 0 Å². The Bertz CT molecular complexity index is 531. The van der Waals surface area contributed by atoms with Crippen LogP contribution in [0.1, 0.15) is 25.1 Å². The van der Waals surface area contributed by atoms with Gasteiger partial charge in [0.05, 0.1) is 28.6 Å². The summed E-state index contributed by atoms with van der Waals surface area (Å²) in [6.07, 6.45) is 1.52. The first-order chi connectivity index (χ1) is 8.37. The van der Waals surface area contributed by atoms with Crippen LogP contribution in [0.2, 0.25) is 5.02 Å². The number of pyridine rings is 1. The van der Waals surface area contributed by atoms with E-state index in [0.717, 1.165) is 0 Å². The highest BCUT2D eigenvalue weighted by atomic mass is 35.5. The van der Waals surface area contributed by atoms with Crippen molar-refractivity contribution in [3.63, 3.8) is 0 Å². The Morgan fingerprint density at radius 1 is 1.61 bits per heavy atom. The molecule has 1 aliphatic rings. The number of hydrogen-bond donors (Lipinski definition) is 0. The maximum atomic E-state index is 10.6. The standard InChI is InChI=1S/C11H13ClN2O3S/c1-11(2)6-14-10(17-11)7-3-8(12)9(13-4-7)5-18(15)16/h3-4H,5-6H2,1-2H3,(H,15,16)/p-1.